The highest BCUT2D eigenvalue weighted by atomic mass is 16.5. The van der Waals surface area contributed by atoms with E-state index in [-0.39, 0.29) is 0 Å². The van der Waals surface area contributed by atoms with E-state index in [4.69, 9.17) is 9.15 Å². The van der Waals surface area contributed by atoms with Crippen LogP contribution in [-0.2, 0) is 11.2 Å². The fourth-order valence-corrected chi connectivity index (χ4v) is 1.95. The molecule has 1 aliphatic rings. The SMILES string of the molecule is COCCNCC1(Cc2ccoc2)CC1. The maximum Gasteiger partial charge on any atom is 0.0934 e. The average molecular weight is 209 g/mol. The zero-order valence-corrected chi connectivity index (χ0v) is 9.29. The number of rotatable bonds is 7. The fourth-order valence-electron chi connectivity index (χ4n) is 1.95. The molecule has 0 amide bonds. The molecular weight excluding hydrogens is 190 g/mol. The second-order valence-electron chi connectivity index (χ2n) is 4.48. The monoisotopic (exact) mass is 209 g/mol. The Morgan fingerprint density at radius 3 is 3.00 bits per heavy atom. The Morgan fingerprint density at radius 2 is 2.40 bits per heavy atom. The van der Waals surface area contributed by atoms with Gasteiger partial charge in [0.25, 0.3) is 0 Å². The lowest BCUT2D eigenvalue weighted by molar-refractivity contribution is 0.197. The van der Waals surface area contributed by atoms with Crippen molar-refractivity contribution in [2.45, 2.75) is 19.3 Å². The van der Waals surface area contributed by atoms with Crippen LogP contribution in [0.3, 0.4) is 0 Å². The van der Waals surface area contributed by atoms with Crippen LogP contribution < -0.4 is 5.32 Å². The first-order valence-electron chi connectivity index (χ1n) is 5.55. The molecule has 1 fully saturated rings. The maximum absolute atomic E-state index is 5.09. The van der Waals surface area contributed by atoms with Crippen LogP contribution in [0.25, 0.3) is 0 Å². The van der Waals surface area contributed by atoms with E-state index < -0.39 is 0 Å². The van der Waals surface area contributed by atoms with E-state index in [1.165, 1.54) is 18.4 Å². The van der Waals surface area contributed by atoms with E-state index in [2.05, 4.69) is 11.4 Å². The number of methoxy groups -OCH3 is 1. The third-order valence-electron chi connectivity index (χ3n) is 3.10. The lowest BCUT2D eigenvalue weighted by Gasteiger charge is -2.14. The Bertz CT molecular complexity index is 278. The van der Waals surface area contributed by atoms with Crippen LogP contribution in [0.5, 0.6) is 0 Å². The van der Waals surface area contributed by atoms with Gasteiger partial charge in [0.15, 0.2) is 0 Å². The summed E-state index contributed by atoms with van der Waals surface area (Å²) < 4.78 is 10.1. The van der Waals surface area contributed by atoms with E-state index in [0.717, 1.165) is 26.1 Å². The van der Waals surface area contributed by atoms with Crippen molar-refractivity contribution in [3.8, 4) is 0 Å². The average Bonchev–Trinajstić information content (AvgIpc) is 2.79. The third kappa shape index (κ3) is 3.08. The molecule has 0 unspecified atom stereocenters. The van der Waals surface area contributed by atoms with E-state index in [9.17, 15) is 0 Å². The van der Waals surface area contributed by atoms with Crippen molar-refractivity contribution in [1.29, 1.82) is 0 Å². The topological polar surface area (TPSA) is 34.4 Å². The molecule has 1 heterocycles. The Labute approximate surface area is 90.8 Å². The van der Waals surface area contributed by atoms with Gasteiger partial charge in [-0.2, -0.15) is 0 Å². The molecule has 3 nitrogen and oxygen atoms in total. The molecule has 1 saturated carbocycles. The smallest absolute Gasteiger partial charge is 0.0934 e. The Kier molecular flexibility index (Phi) is 3.44. The van der Waals surface area contributed by atoms with Crippen molar-refractivity contribution in [2.75, 3.05) is 26.8 Å². The van der Waals surface area contributed by atoms with Crippen molar-refractivity contribution < 1.29 is 9.15 Å². The minimum absolute atomic E-state index is 0.498. The summed E-state index contributed by atoms with van der Waals surface area (Å²) in [7, 11) is 1.74. The van der Waals surface area contributed by atoms with E-state index in [1.807, 2.05) is 6.26 Å². The quantitative estimate of drug-likeness (QED) is 0.696. The summed E-state index contributed by atoms with van der Waals surface area (Å²) in [6.07, 6.45) is 7.42. The number of furan rings is 1. The lowest BCUT2D eigenvalue weighted by Crippen LogP contribution is -2.28. The van der Waals surface area contributed by atoms with Crippen molar-refractivity contribution in [1.82, 2.24) is 5.32 Å². The van der Waals surface area contributed by atoms with E-state index in [1.54, 1.807) is 13.4 Å². The molecule has 2 rings (SSSR count). The summed E-state index contributed by atoms with van der Waals surface area (Å²) in [5.74, 6) is 0. The highest BCUT2D eigenvalue weighted by Crippen LogP contribution is 2.47. The Hall–Kier alpha value is -0.800. The second kappa shape index (κ2) is 4.81. The zero-order valence-electron chi connectivity index (χ0n) is 9.29. The molecule has 1 aliphatic carbocycles. The normalized spacial score (nSPS) is 17.9. The molecule has 1 N–H and O–H groups in total. The van der Waals surface area contributed by atoms with Gasteiger partial charge < -0.3 is 14.5 Å². The molecule has 0 radical (unpaired) electrons. The van der Waals surface area contributed by atoms with Crippen molar-refractivity contribution in [2.24, 2.45) is 5.41 Å². The Balaban J connectivity index is 1.71. The van der Waals surface area contributed by atoms with Gasteiger partial charge in [-0.25, -0.2) is 0 Å². The molecule has 0 atom stereocenters. The highest BCUT2D eigenvalue weighted by molar-refractivity contribution is 5.12. The fraction of sp³-hybridized carbons (Fsp3) is 0.667. The van der Waals surface area contributed by atoms with Gasteiger partial charge in [-0.3, -0.25) is 0 Å². The largest absolute Gasteiger partial charge is 0.472 e. The number of nitrogens with one attached hydrogen (secondary N) is 1. The summed E-state index contributed by atoms with van der Waals surface area (Å²) in [5, 5.41) is 3.45. The molecule has 0 bridgehead atoms. The highest BCUT2D eigenvalue weighted by Gasteiger charge is 2.42. The number of hydrogen-bond acceptors (Lipinski definition) is 3. The van der Waals surface area contributed by atoms with Gasteiger partial charge in [-0.05, 0) is 36.3 Å². The summed E-state index contributed by atoms with van der Waals surface area (Å²) in [4.78, 5) is 0. The van der Waals surface area contributed by atoms with Crippen LogP contribution in [0.15, 0.2) is 23.0 Å². The van der Waals surface area contributed by atoms with Crippen LogP contribution in [0.4, 0.5) is 0 Å². The molecule has 1 aromatic rings. The Morgan fingerprint density at radius 1 is 1.53 bits per heavy atom. The van der Waals surface area contributed by atoms with Crippen LogP contribution in [0, 0.1) is 5.41 Å². The van der Waals surface area contributed by atoms with Crippen LogP contribution in [0.2, 0.25) is 0 Å². The predicted octanol–water partition coefficient (Wildman–Crippen LogP) is 1.84. The van der Waals surface area contributed by atoms with Crippen LogP contribution in [0.1, 0.15) is 18.4 Å². The first kappa shape index (κ1) is 10.7. The summed E-state index contributed by atoms with van der Waals surface area (Å²) in [6, 6.07) is 2.06. The van der Waals surface area contributed by atoms with Gasteiger partial charge >= 0.3 is 0 Å². The first-order valence-corrected chi connectivity index (χ1v) is 5.55. The molecular formula is C12H19NO2. The second-order valence-corrected chi connectivity index (χ2v) is 4.48. The number of hydrogen-bond donors (Lipinski definition) is 1. The van der Waals surface area contributed by atoms with Gasteiger partial charge in [-0.1, -0.05) is 0 Å². The molecule has 0 aliphatic heterocycles. The first-order chi connectivity index (χ1) is 7.35. The zero-order chi connectivity index (χ0) is 10.6. The minimum atomic E-state index is 0.498. The van der Waals surface area contributed by atoms with Crippen molar-refractivity contribution in [3.05, 3.63) is 24.2 Å². The summed E-state index contributed by atoms with van der Waals surface area (Å²) in [5.41, 5.74) is 1.82. The van der Waals surface area contributed by atoms with Crippen molar-refractivity contribution in [3.63, 3.8) is 0 Å². The third-order valence-corrected chi connectivity index (χ3v) is 3.10. The molecule has 1 aromatic heterocycles. The van der Waals surface area contributed by atoms with Crippen molar-refractivity contribution >= 4 is 0 Å². The number of ether oxygens (including phenoxy) is 1. The molecule has 15 heavy (non-hydrogen) atoms. The molecule has 0 saturated heterocycles. The standard InChI is InChI=1S/C12H19NO2/c1-14-7-5-13-10-12(3-4-12)8-11-2-6-15-9-11/h2,6,9,13H,3-5,7-8,10H2,1H3. The van der Waals surface area contributed by atoms with Gasteiger partial charge in [0, 0.05) is 20.2 Å². The van der Waals surface area contributed by atoms with E-state index >= 15 is 0 Å². The minimum Gasteiger partial charge on any atom is -0.472 e. The molecule has 0 aromatic carbocycles. The molecule has 0 spiro atoms. The molecule has 84 valence electrons. The summed E-state index contributed by atoms with van der Waals surface area (Å²) in [6.45, 7) is 2.84. The summed E-state index contributed by atoms with van der Waals surface area (Å²) >= 11 is 0. The predicted molar refractivity (Wildman–Crippen MR) is 58.8 cm³/mol. The lowest BCUT2D eigenvalue weighted by atomic mass is 9.98. The van der Waals surface area contributed by atoms with Gasteiger partial charge in [0.2, 0.25) is 0 Å². The van der Waals surface area contributed by atoms with Gasteiger partial charge in [0.05, 0.1) is 19.1 Å². The van der Waals surface area contributed by atoms with Crippen LogP contribution >= 0.6 is 0 Å². The van der Waals surface area contributed by atoms with Gasteiger partial charge in [0.1, 0.15) is 0 Å². The molecule has 3 heteroatoms. The maximum atomic E-state index is 5.09. The van der Waals surface area contributed by atoms with E-state index in [0.29, 0.717) is 5.41 Å². The van der Waals surface area contributed by atoms with Gasteiger partial charge in [-0.15, -0.1) is 0 Å². The van der Waals surface area contributed by atoms with Crippen LogP contribution in [-0.4, -0.2) is 26.8 Å².